The lowest BCUT2D eigenvalue weighted by atomic mass is 10.0. The molecular formula is C26H31F3N2O5. The Hall–Kier alpha value is -3.27. The lowest BCUT2D eigenvalue weighted by Crippen LogP contribution is -2.48. The van der Waals surface area contributed by atoms with E-state index in [2.05, 4.69) is 15.4 Å². The third-order valence-corrected chi connectivity index (χ3v) is 6.02. The summed E-state index contributed by atoms with van der Waals surface area (Å²) in [5, 5.41) is 14.2. The topological polar surface area (TPSA) is 96.9 Å². The number of hydrogen-bond donors (Lipinski definition) is 3. The largest absolute Gasteiger partial charge is 0.573 e. The zero-order chi connectivity index (χ0) is 26.0. The Balaban J connectivity index is 1.59. The summed E-state index contributed by atoms with van der Waals surface area (Å²) in [7, 11) is 0. The van der Waals surface area contributed by atoms with Crippen LogP contribution in [-0.4, -0.2) is 49.1 Å². The minimum atomic E-state index is -4.81. The highest BCUT2D eigenvalue weighted by atomic mass is 19.4. The first-order chi connectivity index (χ1) is 17.2. The number of amides is 2. The number of halogens is 3. The van der Waals surface area contributed by atoms with Crippen LogP contribution in [0.2, 0.25) is 0 Å². The van der Waals surface area contributed by atoms with Gasteiger partial charge in [0.2, 0.25) is 5.91 Å². The minimum Gasteiger partial charge on any atom is -0.494 e. The molecule has 2 aromatic rings. The number of rotatable bonds is 12. The highest BCUT2D eigenvalue weighted by molar-refractivity contribution is 5.97. The number of aliphatic hydroxyl groups excluding tert-OH is 1. The third kappa shape index (κ3) is 9.07. The molecule has 1 fully saturated rings. The number of hydrogen-bond acceptors (Lipinski definition) is 5. The highest BCUT2D eigenvalue weighted by Crippen LogP contribution is 2.27. The Labute approximate surface area is 208 Å². The first kappa shape index (κ1) is 27.3. The summed E-state index contributed by atoms with van der Waals surface area (Å²) in [6.07, 6.45) is 1.30. The summed E-state index contributed by atoms with van der Waals surface area (Å²) in [5.74, 6) is -0.0315. The Kier molecular flexibility index (Phi) is 9.98. The molecule has 1 saturated carbocycles. The molecule has 1 aliphatic rings. The van der Waals surface area contributed by atoms with E-state index in [9.17, 15) is 22.8 Å². The van der Waals surface area contributed by atoms with Crippen LogP contribution >= 0.6 is 0 Å². The van der Waals surface area contributed by atoms with E-state index in [-0.39, 0.29) is 25.3 Å². The second kappa shape index (κ2) is 13.2. The van der Waals surface area contributed by atoms with Crippen LogP contribution in [0, 0.1) is 5.92 Å². The van der Waals surface area contributed by atoms with Crippen molar-refractivity contribution < 1.29 is 37.3 Å². The molecule has 0 heterocycles. The molecule has 0 bridgehead atoms. The van der Waals surface area contributed by atoms with Gasteiger partial charge in [-0.2, -0.15) is 0 Å². The summed E-state index contributed by atoms with van der Waals surface area (Å²) >= 11 is 0. The van der Waals surface area contributed by atoms with Crippen molar-refractivity contribution in [3.8, 4) is 11.5 Å². The summed E-state index contributed by atoms with van der Waals surface area (Å²) in [6, 6.07) is 10.6. The molecular weight excluding hydrogens is 477 g/mol. The maximum Gasteiger partial charge on any atom is 0.573 e. The van der Waals surface area contributed by atoms with Gasteiger partial charge in [0.15, 0.2) is 0 Å². The SMILES string of the molecule is O=C(NC(Cc1ccc(OC(F)(F)F)cc1)C(=O)NCCO)c1ccc(OCCC2CCCC2)cc1. The first-order valence-corrected chi connectivity index (χ1v) is 12.0. The molecule has 1 unspecified atom stereocenters. The third-order valence-electron chi connectivity index (χ3n) is 6.02. The van der Waals surface area contributed by atoms with Crippen molar-refractivity contribution in [1.29, 1.82) is 0 Å². The molecule has 2 aromatic carbocycles. The zero-order valence-electron chi connectivity index (χ0n) is 19.9. The van der Waals surface area contributed by atoms with Crippen molar-refractivity contribution in [2.45, 2.75) is 50.9 Å². The fourth-order valence-corrected chi connectivity index (χ4v) is 4.16. The number of aliphatic hydroxyl groups is 1. The van der Waals surface area contributed by atoms with Crippen LogP contribution in [-0.2, 0) is 11.2 Å². The quantitative estimate of drug-likeness (QED) is 0.403. The normalized spacial score (nSPS) is 14.8. The molecule has 1 aliphatic carbocycles. The summed E-state index contributed by atoms with van der Waals surface area (Å²) in [4.78, 5) is 25.4. The number of carbonyl (C=O) groups excluding carboxylic acids is 2. The standard InChI is InChI=1S/C26H31F3N2O5/c27-26(28,29)36-22-9-5-19(6-10-22)17-23(25(34)30-14-15-32)31-24(33)20-7-11-21(12-8-20)35-16-13-18-3-1-2-4-18/h5-12,18,23,32H,1-4,13-17H2,(H,30,34)(H,31,33). The lowest BCUT2D eigenvalue weighted by molar-refractivity contribution is -0.274. The van der Waals surface area contributed by atoms with Crippen molar-refractivity contribution in [3.05, 3.63) is 59.7 Å². The first-order valence-electron chi connectivity index (χ1n) is 12.0. The van der Waals surface area contributed by atoms with Crippen molar-refractivity contribution >= 4 is 11.8 Å². The molecule has 0 spiro atoms. The van der Waals surface area contributed by atoms with E-state index in [1.807, 2.05) is 0 Å². The molecule has 3 rings (SSSR count). The summed E-state index contributed by atoms with van der Waals surface area (Å²) in [6.45, 7) is 0.338. The average Bonchev–Trinajstić information content (AvgIpc) is 3.36. The molecule has 36 heavy (non-hydrogen) atoms. The minimum absolute atomic E-state index is 0.00351. The molecule has 1 atom stereocenters. The van der Waals surface area contributed by atoms with Gasteiger partial charge >= 0.3 is 6.36 Å². The van der Waals surface area contributed by atoms with Crippen LogP contribution in [0.1, 0.15) is 48.0 Å². The average molecular weight is 509 g/mol. The fourth-order valence-electron chi connectivity index (χ4n) is 4.16. The Morgan fingerprint density at radius 2 is 1.64 bits per heavy atom. The van der Waals surface area contributed by atoms with Gasteiger partial charge in [-0.25, -0.2) is 0 Å². The number of alkyl halides is 3. The van der Waals surface area contributed by atoms with Gasteiger partial charge in [-0.05, 0) is 54.3 Å². The van der Waals surface area contributed by atoms with Gasteiger partial charge in [-0.3, -0.25) is 9.59 Å². The molecule has 196 valence electrons. The van der Waals surface area contributed by atoms with E-state index in [4.69, 9.17) is 9.84 Å². The van der Waals surface area contributed by atoms with Crippen molar-refractivity contribution in [3.63, 3.8) is 0 Å². The summed E-state index contributed by atoms with van der Waals surface area (Å²) < 4.78 is 46.8. The Bertz CT molecular complexity index is 975. The zero-order valence-corrected chi connectivity index (χ0v) is 19.9. The van der Waals surface area contributed by atoms with E-state index in [1.54, 1.807) is 24.3 Å². The molecule has 2 amide bonds. The maximum atomic E-state index is 12.8. The lowest BCUT2D eigenvalue weighted by Gasteiger charge is -2.19. The monoisotopic (exact) mass is 508 g/mol. The van der Waals surface area contributed by atoms with Crippen LogP contribution in [0.25, 0.3) is 0 Å². The van der Waals surface area contributed by atoms with Crippen molar-refractivity contribution in [1.82, 2.24) is 10.6 Å². The van der Waals surface area contributed by atoms with Crippen molar-refractivity contribution in [2.24, 2.45) is 5.92 Å². The predicted octanol–water partition coefficient (Wildman–Crippen LogP) is 3.99. The molecule has 0 aliphatic heterocycles. The van der Waals surface area contributed by atoms with Gasteiger partial charge in [0.05, 0.1) is 13.2 Å². The van der Waals surface area contributed by atoms with Gasteiger partial charge in [0.25, 0.3) is 5.91 Å². The fraction of sp³-hybridized carbons (Fsp3) is 0.462. The van der Waals surface area contributed by atoms with Crippen LogP contribution < -0.4 is 20.1 Å². The summed E-state index contributed by atoms with van der Waals surface area (Å²) in [5.41, 5.74) is 0.840. The van der Waals surface area contributed by atoms with E-state index >= 15 is 0 Å². The van der Waals surface area contributed by atoms with E-state index in [0.717, 1.165) is 24.5 Å². The van der Waals surface area contributed by atoms with Crippen LogP contribution in [0.5, 0.6) is 11.5 Å². The van der Waals surface area contributed by atoms with E-state index in [1.165, 1.54) is 37.8 Å². The number of ether oxygens (including phenoxy) is 2. The molecule has 0 aromatic heterocycles. The molecule has 0 radical (unpaired) electrons. The molecule has 10 heteroatoms. The van der Waals surface area contributed by atoms with Crippen LogP contribution in [0.4, 0.5) is 13.2 Å². The van der Waals surface area contributed by atoms with Gasteiger partial charge in [-0.1, -0.05) is 37.8 Å². The number of carbonyl (C=O) groups is 2. The Morgan fingerprint density at radius 3 is 2.25 bits per heavy atom. The number of nitrogens with one attached hydrogen (secondary N) is 2. The second-order valence-corrected chi connectivity index (χ2v) is 8.75. The van der Waals surface area contributed by atoms with Crippen LogP contribution in [0.15, 0.2) is 48.5 Å². The van der Waals surface area contributed by atoms with E-state index < -0.39 is 24.2 Å². The van der Waals surface area contributed by atoms with Gasteiger partial charge in [-0.15, -0.1) is 13.2 Å². The predicted molar refractivity (Wildman–Crippen MR) is 127 cm³/mol. The second-order valence-electron chi connectivity index (χ2n) is 8.75. The highest BCUT2D eigenvalue weighted by Gasteiger charge is 2.31. The molecule has 3 N–H and O–H groups in total. The Morgan fingerprint density at radius 1 is 1.00 bits per heavy atom. The van der Waals surface area contributed by atoms with Gasteiger partial charge in [0, 0.05) is 18.5 Å². The molecule has 7 nitrogen and oxygen atoms in total. The number of benzene rings is 2. The smallest absolute Gasteiger partial charge is 0.494 e. The van der Waals surface area contributed by atoms with Crippen molar-refractivity contribution in [2.75, 3.05) is 19.8 Å². The van der Waals surface area contributed by atoms with Crippen LogP contribution in [0.3, 0.4) is 0 Å². The van der Waals surface area contributed by atoms with E-state index in [0.29, 0.717) is 23.5 Å². The van der Waals surface area contributed by atoms with Gasteiger partial charge in [0.1, 0.15) is 17.5 Å². The maximum absolute atomic E-state index is 12.8. The molecule has 0 saturated heterocycles. The van der Waals surface area contributed by atoms with Gasteiger partial charge < -0.3 is 25.2 Å².